The van der Waals surface area contributed by atoms with Gasteiger partial charge in [-0.3, -0.25) is 4.79 Å². The number of anilines is 2. The number of aliphatic hydroxyl groups is 1. The third kappa shape index (κ3) is 3.85. The van der Waals surface area contributed by atoms with E-state index >= 15 is 0 Å². The minimum Gasteiger partial charge on any atom is -0.392 e. The molecule has 3 N–H and O–H groups in total. The summed E-state index contributed by atoms with van der Waals surface area (Å²) in [5.41, 5.74) is 1.93. The van der Waals surface area contributed by atoms with Gasteiger partial charge >= 0.3 is 0 Å². The lowest BCUT2D eigenvalue weighted by Crippen LogP contribution is -2.47. The number of pyridine rings is 1. The van der Waals surface area contributed by atoms with Gasteiger partial charge in [0.2, 0.25) is 5.91 Å². The number of nitrogens with zero attached hydrogens (tertiary/aromatic N) is 1. The molecule has 2 aromatic rings. The van der Waals surface area contributed by atoms with E-state index in [1.807, 2.05) is 30.3 Å². The average Bonchev–Trinajstić information content (AvgIpc) is 2.64. The largest absolute Gasteiger partial charge is 0.392 e. The third-order valence-electron chi connectivity index (χ3n) is 7.29. The van der Waals surface area contributed by atoms with Gasteiger partial charge in [-0.15, -0.1) is 0 Å². The maximum Gasteiger partial charge on any atom is 0.224 e. The Morgan fingerprint density at radius 2 is 1.83 bits per heavy atom. The lowest BCUT2D eigenvalue weighted by atomic mass is 9.49. The van der Waals surface area contributed by atoms with Gasteiger partial charge in [0.1, 0.15) is 5.82 Å². The van der Waals surface area contributed by atoms with Crippen LogP contribution in [0.15, 0.2) is 30.3 Å². The first-order valence-corrected chi connectivity index (χ1v) is 11.1. The van der Waals surface area contributed by atoms with Gasteiger partial charge in [-0.2, -0.15) is 0 Å². The summed E-state index contributed by atoms with van der Waals surface area (Å²) < 4.78 is 0. The monoisotopic (exact) mass is 393 g/mol. The van der Waals surface area contributed by atoms with E-state index in [1.54, 1.807) is 6.92 Å². The fourth-order valence-corrected chi connectivity index (χ4v) is 6.66. The van der Waals surface area contributed by atoms with Gasteiger partial charge < -0.3 is 15.7 Å². The topological polar surface area (TPSA) is 74.2 Å². The number of fused-ring (bicyclic) bond motifs is 1. The number of hydrogen-bond acceptors (Lipinski definition) is 4. The van der Waals surface area contributed by atoms with E-state index in [9.17, 15) is 9.90 Å². The summed E-state index contributed by atoms with van der Waals surface area (Å²) in [6, 6.07) is 9.75. The molecule has 1 heterocycles. The molecule has 4 saturated carbocycles. The van der Waals surface area contributed by atoms with Crippen LogP contribution in [-0.4, -0.2) is 28.6 Å². The second-order valence-corrected chi connectivity index (χ2v) is 9.94. The van der Waals surface area contributed by atoms with Gasteiger partial charge in [0, 0.05) is 18.4 Å². The molecular weight excluding hydrogens is 362 g/mol. The highest BCUT2D eigenvalue weighted by Crippen LogP contribution is 2.61. The first-order chi connectivity index (χ1) is 14.0. The highest BCUT2D eigenvalue weighted by atomic mass is 16.3. The van der Waals surface area contributed by atoms with Crippen LogP contribution in [0.1, 0.15) is 51.9 Å². The summed E-state index contributed by atoms with van der Waals surface area (Å²) in [5, 5.41) is 16.7. The molecule has 1 amide bonds. The number of carbonyl (C=O) groups is 1. The number of rotatable bonds is 6. The molecule has 29 heavy (non-hydrogen) atoms. The summed E-state index contributed by atoms with van der Waals surface area (Å²) in [7, 11) is 0. The molecule has 0 radical (unpaired) electrons. The molecule has 0 aliphatic heterocycles. The van der Waals surface area contributed by atoms with Crippen molar-refractivity contribution in [2.45, 2.75) is 58.0 Å². The van der Waals surface area contributed by atoms with Crippen LogP contribution in [0.5, 0.6) is 0 Å². The summed E-state index contributed by atoms with van der Waals surface area (Å²) in [5.74, 6) is 3.47. The zero-order chi connectivity index (χ0) is 20.0. The smallest absolute Gasteiger partial charge is 0.224 e. The van der Waals surface area contributed by atoms with Gasteiger partial charge in [0.25, 0.3) is 0 Å². The lowest BCUT2D eigenvalue weighted by Gasteiger charge is -2.56. The highest BCUT2D eigenvalue weighted by molar-refractivity contribution is 6.01. The van der Waals surface area contributed by atoms with E-state index in [0.29, 0.717) is 13.0 Å². The Balaban J connectivity index is 1.30. The second-order valence-electron chi connectivity index (χ2n) is 9.94. The molecule has 1 atom stereocenters. The van der Waals surface area contributed by atoms with Gasteiger partial charge in [0.05, 0.1) is 17.3 Å². The van der Waals surface area contributed by atoms with Gasteiger partial charge in [0.15, 0.2) is 0 Å². The van der Waals surface area contributed by atoms with E-state index in [4.69, 9.17) is 0 Å². The van der Waals surface area contributed by atoms with Gasteiger partial charge in [-0.05, 0) is 92.9 Å². The maximum absolute atomic E-state index is 13.0. The van der Waals surface area contributed by atoms with Crippen LogP contribution in [0.2, 0.25) is 0 Å². The van der Waals surface area contributed by atoms with Crippen molar-refractivity contribution in [1.29, 1.82) is 0 Å². The fraction of sp³-hybridized carbons (Fsp3) is 0.583. The molecule has 4 aliphatic carbocycles. The van der Waals surface area contributed by atoms with Crippen molar-refractivity contribution >= 4 is 28.3 Å². The SMILES string of the molecule is C[C@@H](O)CNc1ccc2c(NC(=O)CC34CC5CC(CC(C5)C3)C4)cccc2n1. The number of aliphatic hydroxyl groups excluding tert-OH is 1. The minimum absolute atomic E-state index is 0.149. The van der Waals surface area contributed by atoms with Crippen molar-refractivity contribution in [3.63, 3.8) is 0 Å². The molecule has 5 heteroatoms. The normalized spacial score (nSPS) is 31.0. The first-order valence-electron chi connectivity index (χ1n) is 11.1. The maximum atomic E-state index is 13.0. The van der Waals surface area contributed by atoms with Crippen LogP contribution in [0, 0.1) is 23.2 Å². The zero-order valence-corrected chi connectivity index (χ0v) is 17.2. The Hall–Kier alpha value is -2.14. The molecule has 4 fully saturated rings. The van der Waals surface area contributed by atoms with Crippen molar-refractivity contribution in [3.8, 4) is 0 Å². The third-order valence-corrected chi connectivity index (χ3v) is 7.29. The summed E-state index contributed by atoms with van der Waals surface area (Å²) >= 11 is 0. The molecule has 5 nitrogen and oxygen atoms in total. The van der Waals surface area contributed by atoms with Crippen LogP contribution in [0.4, 0.5) is 11.5 Å². The number of aromatic nitrogens is 1. The van der Waals surface area contributed by atoms with Crippen LogP contribution < -0.4 is 10.6 Å². The Bertz CT molecular complexity index is 888. The van der Waals surface area contributed by atoms with E-state index in [1.165, 1.54) is 38.5 Å². The molecule has 6 rings (SSSR count). The summed E-state index contributed by atoms with van der Waals surface area (Å²) in [6.07, 6.45) is 8.20. The van der Waals surface area contributed by atoms with Crippen molar-refractivity contribution in [3.05, 3.63) is 30.3 Å². The Morgan fingerprint density at radius 1 is 1.14 bits per heavy atom. The van der Waals surface area contributed by atoms with Crippen molar-refractivity contribution in [2.75, 3.05) is 17.2 Å². The Labute approximate surface area is 172 Å². The molecule has 1 aromatic heterocycles. The number of hydrogen-bond donors (Lipinski definition) is 3. The molecule has 0 unspecified atom stereocenters. The Kier molecular flexibility index (Phi) is 4.73. The van der Waals surface area contributed by atoms with E-state index in [2.05, 4.69) is 15.6 Å². The standard InChI is InChI=1S/C24H31N3O2/c1-15(28)14-25-22-6-5-19-20(26-22)3-2-4-21(19)27-23(29)13-24-10-16-7-17(11-24)9-18(8-16)12-24/h2-6,15-18,28H,7-14H2,1H3,(H,25,26)(H,27,29)/t15-,16?,17?,18?,24?/m1/s1. The minimum atomic E-state index is -0.428. The average molecular weight is 394 g/mol. The molecule has 0 spiro atoms. The summed E-state index contributed by atoms with van der Waals surface area (Å²) in [6.45, 7) is 2.20. The van der Waals surface area contributed by atoms with Crippen LogP contribution >= 0.6 is 0 Å². The highest BCUT2D eigenvalue weighted by Gasteiger charge is 2.51. The van der Waals surface area contributed by atoms with Crippen molar-refractivity contribution < 1.29 is 9.90 Å². The molecule has 1 aromatic carbocycles. The number of carbonyl (C=O) groups excluding carboxylic acids is 1. The zero-order valence-electron chi connectivity index (χ0n) is 17.2. The molecule has 4 aliphatic rings. The van der Waals surface area contributed by atoms with Crippen molar-refractivity contribution in [2.24, 2.45) is 23.2 Å². The van der Waals surface area contributed by atoms with E-state index in [-0.39, 0.29) is 11.3 Å². The Morgan fingerprint density at radius 3 is 2.48 bits per heavy atom. The molecule has 0 saturated heterocycles. The predicted octanol–water partition coefficient (Wildman–Crippen LogP) is 4.57. The van der Waals surface area contributed by atoms with E-state index < -0.39 is 6.10 Å². The summed E-state index contributed by atoms with van der Waals surface area (Å²) in [4.78, 5) is 17.6. The van der Waals surface area contributed by atoms with Crippen LogP contribution in [0.3, 0.4) is 0 Å². The number of nitrogens with one attached hydrogen (secondary N) is 2. The van der Waals surface area contributed by atoms with Gasteiger partial charge in [-0.1, -0.05) is 6.07 Å². The predicted molar refractivity (Wildman–Crippen MR) is 116 cm³/mol. The number of benzene rings is 1. The fourth-order valence-electron chi connectivity index (χ4n) is 6.66. The van der Waals surface area contributed by atoms with E-state index in [0.717, 1.165) is 40.2 Å². The molecule has 154 valence electrons. The number of amides is 1. The van der Waals surface area contributed by atoms with Gasteiger partial charge in [-0.25, -0.2) is 4.98 Å². The quantitative estimate of drug-likeness (QED) is 0.672. The lowest BCUT2D eigenvalue weighted by molar-refractivity contribution is -0.124. The molecule has 4 bridgehead atoms. The second kappa shape index (κ2) is 7.28. The van der Waals surface area contributed by atoms with Crippen LogP contribution in [-0.2, 0) is 4.79 Å². The van der Waals surface area contributed by atoms with Crippen LogP contribution in [0.25, 0.3) is 10.9 Å². The molecular formula is C24H31N3O2. The van der Waals surface area contributed by atoms with Crippen molar-refractivity contribution in [1.82, 2.24) is 4.98 Å². The first kappa shape index (κ1) is 18.9.